The van der Waals surface area contributed by atoms with Crippen molar-refractivity contribution < 1.29 is 0 Å². The minimum atomic E-state index is 0.172. The van der Waals surface area contributed by atoms with Crippen LogP contribution in [0.5, 0.6) is 0 Å². The van der Waals surface area contributed by atoms with Gasteiger partial charge in [0, 0.05) is 5.69 Å². The Bertz CT molecular complexity index is 529. The van der Waals surface area contributed by atoms with E-state index in [0.29, 0.717) is 28.0 Å². The van der Waals surface area contributed by atoms with Crippen molar-refractivity contribution in [3.63, 3.8) is 0 Å². The molecule has 0 aliphatic heterocycles. The first-order valence-corrected chi connectivity index (χ1v) is 6.22. The molecular formula is C12H16ClN5. The number of hydrogen-bond acceptors (Lipinski definition) is 4. The average molecular weight is 266 g/mol. The lowest BCUT2D eigenvalue weighted by atomic mass is 10.1. The van der Waals surface area contributed by atoms with E-state index in [1.165, 1.54) is 0 Å². The van der Waals surface area contributed by atoms with Gasteiger partial charge in [-0.05, 0) is 35.4 Å². The number of rotatable bonds is 3. The standard InChI is InChI=1S/C12H16ClN5/c1-7(2)8(3)18-12(15-16-17-18)11-9(13)5-4-6-10(11)14/h4-8H,14H2,1-3H3. The van der Waals surface area contributed by atoms with Crippen LogP contribution in [0.1, 0.15) is 26.8 Å². The zero-order valence-corrected chi connectivity index (χ0v) is 11.4. The van der Waals surface area contributed by atoms with E-state index in [1.807, 2.05) is 0 Å². The molecule has 6 heteroatoms. The van der Waals surface area contributed by atoms with Crippen LogP contribution in [0.15, 0.2) is 18.2 Å². The molecule has 0 aliphatic carbocycles. The van der Waals surface area contributed by atoms with Crippen LogP contribution in [0, 0.1) is 5.92 Å². The van der Waals surface area contributed by atoms with Gasteiger partial charge in [-0.2, -0.15) is 0 Å². The monoisotopic (exact) mass is 265 g/mol. The highest BCUT2D eigenvalue weighted by atomic mass is 35.5. The van der Waals surface area contributed by atoms with E-state index in [4.69, 9.17) is 17.3 Å². The minimum absolute atomic E-state index is 0.172. The zero-order chi connectivity index (χ0) is 13.3. The molecule has 0 fully saturated rings. The van der Waals surface area contributed by atoms with Gasteiger partial charge in [0.2, 0.25) is 0 Å². The molecule has 0 aliphatic rings. The van der Waals surface area contributed by atoms with Gasteiger partial charge in [0.1, 0.15) is 0 Å². The smallest absolute Gasteiger partial charge is 0.185 e. The number of nitrogen functional groups attached to an aromatic ring is 1. The Morgan fingerprint density at radius 3 is 2.61 bits per heavy atom. The Labute approximate surface area is 111 Å². The molecule has 5 nitrogen and oxygen atoms in total. The van der Waals surface area contributed by atoms with Crippen molar-refractivity contribution >= 4 is 17.3 Å². The second-order valence-electron chi connectivity index (χ2n) is 4.64. The second-order valence-corrected chi connectivity index (χ2v) is 5.04. The lowest BCUT2D eigenvalue weighted by Gasteiger charge is -2.17. The number of hydrogen-bond donors (Lipinski definition) is 1. The number of aromatic nitrogens is 4. The third kappa shape index (κ3) is 2.18. The maximum Gasteiger partial charge on any atom is 0.185 e. The molecule has 1 unspecified atom stereocenters. The van der Waals surface area contributed by atoms with Gasteiger partial charge in [-0.3, -0.25) is 0 Å². The molecule has 96 valence electrons. The Morgan fingerprint density at radius 2 is 2.00 bits per heavy atom. The van der Waals surface area contributed by atoms with Crippen LogP contribution in [0.2, 0.25) is 5.02 Å². The number of benzene rings is 1. The highest BCUT2D eigenvalue weighted by molar-refractivity contribution is 6.33. The van der Waals surface area contributed by atoms with Gasteiger partial charge in [-0.1, -0.05) is 31.5 Å². The SMILES string of the molecule is CC(C)C(C)n1nnnc1-c1c(N)cccc1Cl. The fourth-order valence-corrected chi connectivity index (χ4v) is 1.96. The molecular weight excluding hydrogens is 250 g/mol. The minimum Gasteiger partial charge on any atom is -0.398 e. The van der Waals surface area contributed by atoms with Crippen LogP contribution in [-0.2, 0) is 0 Å². The maximum absolute atomic E-state index is 6.19. The van der Waals surface area contributed by atoms with E-state index in [9.17, 15) is 0 Å². The van der Waals surface area contributed by atoms with Crippen LogP contribution >= 0.6 is 11.6 Å². The summed E-state index contributed by atoms with van der Waals surface area (Å²) < 4.78 is 1.77. The van der Waals surface area contributed by atoms with E-state index in [-0.39, 0.29) is 6.04 Å². The summed E-state index contributed by atoms with van der Waals surface area (Å²) in [6, 6.07) is 5.55. The molecule has 1 atom stereocenters. The van der Waals surface area contributed by atoms with E-state index >= 15 is 0 Å². The quantitative estimate of drug-likeness (QED) is 0.867. The first kappa shape index (κ1) is 12.8. The van der Waals surface area contributed by atoms with Gasteiger partial charge in [-0.15, -0.1) is 5.10 Å². The molecule has 0 saturated heterocycles. The third-order valence-corrected chi connectivity index (χ3v) is 3.43. The Hall–Kier alpha value is -1.62. The largest absolute Gasteiger partial charge is 0.398 e. The number of halogens is 1. The average Bonchev–Trinajstić information content (AvgIpc) is 2.76. The highest BCUT2D eigenvalue weighted by Gasteiger charge is 2.20. The highest BCUT2D eigenvalue weighted by Crippen LogP contribution is 2.33. The topological polar surface area (TPSA) is 69.6 Å². The first-order valence-electron chi connectivity index (χ1n) is 5.84. The van der Waals surface area contributed by atoms with Crippen LogP contribution in [0.25, 0.3) is 11.4 Å². The predicted molar refractivity (Wildman–Crippen MR) is 72.2 cm³/mol. The molecule has 18 heavy (non-hydrogen) atoms. The Balaban J connectivity index is 2.56. The van der Waals surface area contributed by atoms with Gasteiger partial charge >= 0.3 is 0 Å². The Kier molecular flexibility index (Phi) is 3.52. The number of nitrogens with zero attached hydrogens (tertiary/aromatic N) is 4. The van der Waals surface area contributed by atoms with Crippen LogP contribution < -0.4 is 5.73 Å². The van der Waals surface area contributed by atoms with Gasteiger partial charge < -0.3 is 5.73 Å². The Morgan fingerprint density at radius 1 is 1.28 bits per heavy atom. The number of nitrogens with two attached hydrogens (primary N) is 1. The molecule has 1 aromatic heterocycles. The lowest BCUT2D eigenvalue weighted by molar-refractivity contribution is 0.371. The molecule has 2 aromatic rings. The van der Waals surface area contributed by atoms with E-state index < -0.39 is 0 Å². The van der Waals surface area contributed by atoms with Crippen LogP contribution in [-0.4, -0.2) is 20.2 Å². The maximum atomic E-state index is 6.19. The molecule has 0 spiro atoms. The van der Waals surface area contributed by atoms with E-state index in [0.717, 1.165) is 0 Å². The molecule has 1 heterocycles. The second kappa shape index (κ2) is 4.94. The van der Waals surface area contributed by atoms with Gasteiger partial charge in [0.15, 0.2) is 5.82 Å². The summed E-state index contributed by atoms with van der Waals surface area (Å²) in [6.45, 7) is 6.30. The van der Waals surface area contributed by atoms with Gasteiger partial charge in [0.25, 0.3) is 0 Å². The first-order chi connectivity index (χ1) is 8.52. The molecule has 0 amide bonds. The van der Waals surface area contributed by atoms with Crippen molar-refractivity contribution in [2.75, 3.05) is 5.73 Å². The summed E-state index contributed by atoms with van der Waals surface area (Å²) in [6.07, 6.45) is 0. The van der Waals surface area contributed by atoms with Gasteiger partial charge in [0.05, 0.1) is 16.6 Å². The number of anilines is 1. The fraction of sp³-hybridized carbons (Fsp3) is 0.417. The molecule has 0 radical (unpaired) electrons. The van der Waals surface area contributed by atoms with Crippen molar-refractivity contribution in [1.82, 2.24) is 20.2 Å². The van der Waals surface area contributed by atoms with Crippen LogP contribution in [0.4, 0.5) is 5.69 Å². The summed E-state index contributed by atoms with van der Waals surface area (Å²) in [7, 11) is 0. The van der Waals surface area contributed by atoms with Crippen molar-refractivity contribution in [3.05, 3.63) is 23.2 Å². The van der Waals surface area contributed by atoms with Crippen molar-refractivity contribution in [3.8, 4) is 11.4 Å². The lowest BCUT2D eigenvalue weighted by Crippen LogP contribution is -2.15. The van der Waals surface area contributed by atoms with Crippen LogP contribution in [0.3, 0.4) is 0 Å². The molecule has 2 rings (SSSR count). The summed E-state index contributed by atoms with van der Waals surface area (Å²) in [5.74, 6) is 1.02. The predicted octanol–water partition coefficient (Wildman–Crippen LogP) is 2.79. The number of tetrazole rings is 1. The van der Waals surface area contributed by atoms with Crippen molar-refractivity contribution in [2.24, 2.45) is 5.92 Å². The summed E-state index contributed by atoms with van der Waals surface area (Å²) in [5, 5.41) is 12.4. The summed E-state index contributed by atoms with van der Waals surface area (Å²) in [5.41, 5.74) is 7.23. The molecule has 0 saturated carbocycles. The van der Waals surface area contributed by atoms with Gasteiger partial charge in [-0.25, -0.2) is 4.68 Å². The molecule has 1 aromatic carbocycles. The van der Waals surface area contributed by atoms with Crippen molar-refractivity contribution in [1.29, 1.82) is 0 Å². The molecule has 0 bridgehead atoms. The van der Waals surface area contributed by atoms with E-state index in [2.05, 4.69) is 36.3 Å². The zero-order valence-electron chi connectivity index (χ0n) is 10.6. The van der Waals surface area contributed by atoms with Crippen molar-refractivity contribution in [2.45, 2.75) is 26.8 Å². The van der Waals surface area contributed by atoms with E-state index in [1.54, 1.807) is 22.9 Å². The summed E-state index contributed by atoms with van der Waals surface area (Å²) >= 11 is 6.19. The summed E-state index contributed by atoms with van der Waals surface area (Å²) in [4.78, 5) is 0. The molecule has 2 N–H and O–H groups in total. The normalized spacial score (nSPS) is 12.9. The fourth-order valence-electron chi connectivity index (χ4n) is 1.69. The third-order valence-electron chi connectivity index (χ3n) is 3.11.